The third-order valence-electron chi connectivity index (χ3n) is 4.82. The van der Waals surface area contributed by atoms with E-state index in [1.54, 1.807) is 0 Å². The smallest absolute Gasteiger partial charge is 0.00964 e. The molecule has 0 radical (unpaired) electrons. The zero-order valence-electron chi connectivity index (χ0n) is 13.2. The molecule has 18 heavy (non-hydrogen) atoms. The summed E-state index contributed by atoms with van der Waals surface area (Å²) in [5.74, 6) is 2.38. The summed E-state index contributed by atoms with van der Waals surface area (Å²) in [6.07, 6.45) is 5.04. The van der Waals surface area contributed by atoms with E-state index in [-0.39, 0.29) is 0 Å². The summed E-state index contributed by atoms with van der Waals surface area (Å²) in [5, 5.41) is 0. The molecule has 0 aromatic rings. The van der Waals surface area contributed by atoms with E-state index < -0.39 is 0 Å². The lowest BCUT2D eigenvalue weighted by Crippen LogP contribution is -2.44. The third kappa shape index (κ3) is 4.55. The van der Waals surface area contributed by atoms with Crippen LogP contribution in [0.25, 0.3) is 0 Å². The van der Waals surface area contributed by atoms with Gasteiger partial charge in [0.05, 0.1) is 0 Å². The van der Waals surface area contributed by atoms with Crippen molar-refractivity contribution in [1.29, 1.82) is 0 Å². The lowest BCUT2D eigenvalue weighted by atomic mass is 9.83. The highest BCUT2D eigenvalue weighted by Crippen LogP contribution is 2.27. The largest absolute Gasteiger partial charge is 0.328 e. The maximum Gasteiger partial charge on any atom is 0.00964 e. The molecule has 0 atom stereocenters. The number of hydrogen-bond acceptors (Lipinski definition) is 2. The Morgan fingerprint density at radius 3 is 1.89 bits per heavy atom. The number of rotatable bonds is 6. The van der Waals surface area contributed by atoms with Gasteiger partial charge >= 0.3 is 0 Å². The Morgan fingerprint density at radius 1 is 1.00 bits per heavy atom. The lowest BCUT2D eigenvalue weighted by molar-refractivity contribution is 0.104. The van der Waals surface area contributed by atoms with E-state index >= 15 is 0 Å². The van der Waals surface area contributed by atoms with E-state index in [9.17, 15) is 0 Å². The van der Waals surface area contributed by atoms with Gasteiger partial charge in [-0.1, -0.05) is 34.6 Å². The molecular weight excluding hydrogens is 220 g/mol. The van der Waals surface area contributed by atoms with Crippen LogP contribution < -0.4 is 5.73 Å². The van der Waals surface area contributed by atoms with Crippen molar-refractivity contribution in [3.05, 3.63) is 0 Å². The summed E-state index contributed by atoms with van der Waals surface area (Å²) in [5.41, 5.74) is 6.02. The highest BCUT2D eigenvalue weighted by atomic mass is 15.2. The fourth-order valence-corrected chi connectivity index (χ4v) is 3.47. The Hall–Kier alpha value is -0.0800. The van der Waals surface area contributed by atoms with Gasteiger partial charge in [0, 0.05) is 18.6 Å². The molecule has 0 aliphatic heterocycles. The first-order valence-corrected chi connectivity index (χ1v) is 7.95. The summed E-state index contributed by atoms with van der Waals surface area (Å²) in [6, 6.07) is 1.25. The fraction of sp³-hybridized carbons (Fsp3) is 1.00. The molecule has 0 spiro atoms. The van der Waals surface area contributed by atoms with Gasteiger partial charge in [-0.05, 0) is 50.0 Å². The topological polar surface area (TPSA) is 29.3 Å². The van der Waals surface area contributed by atoms with E-state index in [1.807, 2.05) is 0 Å². The van der Waals surface area contributed by atoms with Gasteiger partial charge in [-0.3, -0.25) is 0 Å². The van der Waals surface area contributed by atoms with Crippen LogP contribution >= 0.6 is 0 Å². The molecule has 2 nitrogen and oxygen atoms in total. The molecular formula is C16H34N2. The Labute approximate surface area is 114 Å². The second kappa shape index (κ2) is 7.49. The van der Waals surface area contributed by atoms with Crippen LogP contribution in [0.15, 0.2) is 0 Å². The van der Waals surface area contributed by atoms with Crippen LogP contribution in [0.3, 0.4) is 0 Å². The molecule has 1 aliphatic carbocycles. The fourth-order valence-electron chi connectivity index (χ4n) is 3.47. The molecule has 0 saturated heterocycles. The zero-order chi connectivity index (χ0) is 13.7. The first-order chi connectivity index (χ1) is 8.45. The molecule has 0 aromatic carbocycles. The molecule has 2 heteroatoms. The first-order valence-electron chi connectivity index (χ1n) is 7.95. The van der Waals surface area contributed by atoms with Gasteiger partial charge in [-0.2, -0.15) is 0 Å². The molecule has 1 fully saturated rings. The zero-order valence-corrected chi connectivity index (χ0v) is 13.2. The van der Waals surface area contributed by atoms with Gasteiger partial charge in [-0.25, -0.2) is 0 Å². The average molecular weight is 254 g/mol. The van der Waals surface area contributed by atoms with Crippen molar-refractivity contribution in [1.82, 2.24) is 4.90 Å². The highest BCUT2D eigenvalue weighted by Gasteiger charge is 2.27. The summed E-state index contributed by atoms with van der Waals surface area (Å²) in [7, 11) is 0. The standard InChI is InChI=1S/C16H34N2/c1-6-18(11-16(12(2)3)13(4)5)15-9-7-14(17)8-10-15/h12-16H,6-11,17H2,1-5H3. The Bertz CT molecular complexity index is 209. The second-order valence-electron chi connectivity index (χ2n) is 6.81. The van der Waals surface area contributed by atoms with Gasteiger partial charge in [0.15, 0.2) is 0 Å². The Kier molecular flexibility index (Phi) is 6.65. The second-order valence-corrected chi connectivity index (χ2v) is 6.81. The van der Waals surface area contributed by atoms with Crippen molar-refractivity contribution >= 4 is 0 Å². The molecule has 0 unspecified atom stereocenters. The van der Waals surface area contributed by atoms with E-state index in [4.69, 9.17) is 5.73 Å². The molecule has 1 rings (SSSR count). The highest BCUT2D eigenvalue weighted by molar-refractivity contribution is 4.83. The van der Waals surface area contributed by atoms with Crippen LogP contribution in [0.5, 0.6) is 0 Å². The van der Waals surface area contributed by atoms with Gasteiger partial charge in [-0.15, -0.1) is 0 Å². The van der Waals surface area contributed by atoms with Crippen LogP contribution in [-0.4, -0.2) is 30.1 Å². The van der Waals surface area contributed by atoms with Crippen LogP contribution in [0.4, 0.5) is 0 Å². The van der Waals surface area contributed by atoms with Gasteiger partial charge in [0.25, 0.3) is 0 Å². The molecule has 0 amide bonds. The monoisotopic (exact) mass is 254 g/mol. The van der Waals surface area contributed by atoms with Crippen molar-refractivity contribution in [3.63, 3.8) is 0 Å². The molecule has 1 saturated carbocycles. The predicted octanol–water partition coefficient (Wildman–Crippen LogP) is 3.51. The average Bonchev–Trinajstić information content (AvgIpc) is 2.31. The first kappa shape index (κ1) is 16.0. The van der Waals surface area contributed by atoms with Gasteiger partial charge < -0.3 is 10.6 Å². The Morgan fingerprint density at radius 2 is 1.50 bits per heavy atom. The van der Waals surface area contributed by atoms with Crippen molar-refractivity contribution in [2.45, 2.75) is 72.4 Å². The lowest BCUT2D eigenvalue weighted by Gasteiger charge is -2.39. The molecule has 0 bridgehead atoms. The summed E-state index contributed by atoms with van der Waals surface area (Å²) in [6.45, 7) is 14.3. The van der Waals surface area contributed by atoms with E-state index in [0.717, 1.165) is 23.8 Å². The molecule has 0 heterocycles. The number of nitrogens with zero attached hydrogens (tertiary/aromatic N) is 1. The normalized spacial score (nSPS) is 25.7. The van der Waals surface area contributed by atoms with Crippen LogP contribution in [-0.2, 0) is 0 Å². The minimum Gasteiger partial charge on any atom is -0.328 e. The van der Waals surface area contributed by atoms with E-state index in [2.05, 4.69) is 39.5 Å². The number of hydrogen-bond donors (Lipinski definition) is 1. The van der Waals surface area contributed by atoms with E-state index in [1.165, 1.54) is 38.8 Å². The molecule has 2 N–H and O–H groups in total. The van der Waals surface area contributed by atoms with Gasteiger partial charge in [0.1, 0.15) is 0 Å². The molecule has 1 aliphatic rings. The van der Waals surface area contributed by atoms with Crippen molar-refractivity contribution in [2.24, 2.45) is 23.5 Å². The van der Waals surface area contributed by atoms with Crippen LogP contribution in [0.2, 0.25) is 0 Å². The minimum absolute atomic E-state index is 0.464. The number of nitrogens with two attached hydrogens (primary N) is 1. The SMILES string of the molecule is CCN(CC(C(C)C)C(C)C)C1CCC(N)CC1. The molecule has 0 aromatic heterocycles. The van der Waals surface area contributed by atoms with Crippen LogP contribution in [0.1, 0.15) is 60.3 Å². The van der Waals surface area contributed by atoms with Crippen molar-refractivity contribution in [3.8, 4) is 0 Å². The maximum absolute atomic E-state index is 6.02. The van der Waals surface area contributed by atoms with Crippen molar-refractivity contribution < 1.29 is 0 Å². The summed E-state index contributed by atoms with van der Waals surface area (Å²) < 4.78 is 0. The third-order valence-corrected chi connectivity index (χ3v) is 4.82. The molecule has 108 valence electrons. The summed E-state index contributed by atoms with van der Waals surface area (Å²) >= 11 is 0. The Balaban J connectivity index is 2.54. The quantitative estimate of drug-likeness (QED) is 0.786. The van der Waals surface area contributed by atoms with E-state index in [0.29, 0.717) is 6.04 Å². The minimum atomic E-state index is 0.464. The maximum atomic E-state index is 6.02. The van der Waals surface area contributed by atoms with Gasteiger partial charge in [0.2, 0.25) is 0 Å². The van der Waals surface area contributed by atoms with Crippen molar-refractivity contribution in [2.75, 3.05) is 13.1 Å². The summed E-state index contributed by atoms with van der Waals surface area (Å²) in [4.78, 5) is 2.72. The van der Waals surface area contributed by atoms with Crippen LogP contribution in [0, 0.1) is 17.8 Å². The predicted molar refractivity (Wildman–Crippen MR) is 80.6 cm³/mol.